The van der Waals surface area contributed by atoms with Gasteiger partial charge < -0.3 is 20.0 Å². The molecule has 1 aliphatic rings. The van der Waals surface area contributed by atoms with E-state index in [0.29, 0.717) is 18.6 Å². The van der Waals surface area contributed by atoms with Crippen molar-refractivity contribution in [2.24, 2.45) is 4.99 Å². The van der Waals surface area contributed by atoms with Gasteiger partial charge in [-0.2, -0.15) is 0 Å². The summed E-state index contributed by atoms with van der Waals surface area (Å²) in [5, 5.41) is 7.17. The fourth-order valence-corrected chi connectivity index (χ4v) is 3.35. The maximum absolute atomic E-state index is 5.41. The summed E-state index contributed by atoms with van der Waals surface area (Å²) in [6.07, 6.45) is 5.75. The first-order valence-electron chi connectivity index (χ1n) is 10.4. The Labute approximate surface area is 168 Å². The molecule has 2 aromatic rings. The molecule has 1 saturated heterocycles. The number of pyridine rings is 1. The van der Waals surface area contributed by atoms with E-state index in [4.69, 9.17) is 9.41 Å². The van der Waals surface area contributed by atoms with Crippen molar-refractivity contribution >= 4 is 11.8 Å². The van der Waals surface area contributed by atoms with E-state index in [1.54, 1.807) is 6.26 Å². The number of hydrogen-bond acceptors (Lipinski definition) is 4. The van der Waals surface area contributed by atoms with Gasteiger partial charge >= 0.3 is 0 Å². The number of aliphatic imine (C=N–C) groups is 1. The molecule has 6 heteroatoms. The minimum Gasteiger partial charge on any atom is -0.469 e. The largest absolute Gasteiger partial charge is 0.469 e. The molecular formula is C22H33N5O. The van der Waals surface area contributed by atoms with Crippen molar-refractivity contribution in [2.75, 3.05) is 24.5 Å². The van der Waals surface area contributed by atoms with E-state index in [0.717, 1.165) is 62.0 Å². The Kier molecular flexibility index (Phi) is 7.34. The number of rotatable bonds is 7. The minimum atomic E-state index is 0.395. The molecule has 1 aliphatic heterocycles. The van der Waals surface area contributed by atoms with Crippen molar-refractivity contribution in [2.45, 2.75) is 58.5 Å². The molecule has 1 unspecified atom stereocenters. The summed E-state index contributed by atoms with van der Waals surface area (Å²) in [7, 11) is 0. The first-order chi connectivity index (χ1) is 13.6. The van der Waals surface area contributed by atoms with Gasteiger partial charge in [-0.1, -0.05) is 13.0 Å². The summed E-state index contributed by atoms with van der Waals surface area (Å²) < 4.78 is 5.41. The first kappa shape index (κ1) is 20.2. The zero-order valence-electron chi connectivity index (χ0n) is 17.3. The van der Waals surface area contributed by atoms with E-state index >= 15 is 0 Å². The molecule has 0 aliphatic carbocycles. The second-order valence-corrected chi connectivity index (χ2v) is 7.56. The molecular weight excluding hydrogens is 350 g/mol. The van der Waals surface area contributed by atoms with Gasteiger partial charge in [-0.3, -0.25) is 4.99 Å². The molecule has 0 amide bonds. The van der Waals surface area contributed by atoms with Crippen LogP contribution >= 0.6 is 0 Å². The number of nitrogens with zero attached hydrogens (tertiary/aromatic N) is 3. The quantitative estimate of drug-likeness (QED) is 0.566. The highest BCUT2D eigenvalue weighted by Crippen LogP contribution is 2.18. The van der Waals surface area contributed by atoms with E-state index in [2.05, 4.69) is 46.5 Å². The van der Waals surface area contributed by atoms with Crippen LogP contribution in [0.1, 0.15) is 44.6 Å². The second-order valence-electron chi connectivity index (χ2n) is 7.56. The molecule has 1 atom stereocenters. The van der Waals surface area contributed by atoms with Gasteiger partial charge in [0.2, 0.25) is 0 Å². The molecule has 28 heavy (non-hydrogen) atoms. The summed E-state index contributed by atoms with van der Waals surface area (Å²) in [6, 6.07) is 11.0. The van der Waals surface area contributed by atoms with Gasteiger partial charge in [0.05, 0.1) is 6.26 Å². The van der Waals surface area contributed by atoms with Crippen LogP contribution in [-0.2, 0) is 6.42 Å². The van der Waals surface area contributed by atoms with Gasteiger partial charge in [0.1, 0.15) is 11.6 Å². The highest BCUT2D eigenvalue weighted by atomic mass is 16.3. The van der Waals surface area contributed by atoms with Crippen LogP contribution in [0.25, 0.3) is 0 Å². The summed E-state index contributed by atoms with van der Waals surface area (Å²) in [4.78, 5) is 11.8. The minimum absolute atomic E-state index is 0.395. The number of hydrogen-bond donors (Lipinski definition) is 2. The van der Waals surface area contributed by atoms with Crippen LogP contribution in [0.3, 0.4) is 0 Å². The second kappa shape index (κ2) is 10.2. The third-order valence-electron chi connectivity index (χ3n) is 5.24. The summed E-state index contributed by atoms with van der Waals surface area (Å²) >= 11 is 0. The molecule has 6 nitrogen and oxygen atoms in total. The fourth-order valence-electron chi connectivity index (χ4n) is 3.35. The zero-order valence-corrected chi connectivity index (χ0v) is 17.3. The van der Waals surface area contributed by atoms with E-state index < -0.39 is 0 Å². The average molecular weight is 384 g/mol. The van der Waals surface area contributed by atoms with Crippen molar-refractivity contribution in [1.29, 1.82) is 0 Å². The van der Waals surface area contributed by atoms with E-state index in [-0.39, 0.29) is 0 Å². The highest BCUT2D eigenvalue weighted by molar-refractivity contribution is 5.80. The van der Waals surface area contributed by atoms with Crippen LogP contribution in [-0.4, -0.2) is 42.7 Å². The molecule has 0 aromatic carbocycles. The van der Waals surface area contributed by atoms with E-state index in [1.807, 2.05) is 25.1 Å². The Morgan fingerprint density at radius 3 is 2.79 bits per heavy atom. The van der Waals surface area contributed by atoms with E-state index in [1.165, 1.54) is 0 Å². The summed E-state index contributed by atoms with van der Waals surface area (Å²) in [6.45, 7) is 9.16. The number of aromatic nitrogens is 1. The van der Waals surface area contributed by atoms with Gasteiger partial charge in [-0.15, -0.1) is 0 Å². The lowest BCUT2D eigenvalue weighted by Crippen LogP contribution is -2.50. The van der Waals surface area contributed by atoms with Crippen molar-refractivity contribution < 1.29 is 4.42 Å². The Hall–Kier alpha value is -2.50. The molecule has 0 saturated carbocycles. The van der Waals surface area contributed by atoms with Gasteiger partial charge in [0.15, 0.2) is 5.96 Å². The molecule has 152 valence electrons. The van der Waals surface area contributed by atoms with Crippen LogP contribution in [0.15, 0.2) is 46.0 Å². The number of nitrogens with one attached hydrogen (secondary N) is 2. The topological polar surface area (TPSA) is 65.7 Å². The van der Waals surface area contributed by atoms with Crippen molar-refractivity contribution in [1.82, 2.24) is 15.6 Å². The van der Waals surface area contributed by atoms with Gasteiger partial charge in [0.25, 0.3) is 0 Å². The standard InChI is InChI=1S/C22H33N5O/c1-4-17(2)25-22(23-13-10-20-8-6-16-28-20)26-19-11-14-27(15-12-19)21-9-5-7-18(3)24-21/h5-9,16-17,19H,4,10-15H2,1-3H3,(H2,23,25,26). The van der Waals surface area contributed by atoms with Crippen LogP contribution in [0.5, 0.6) is 0 Å². The van der Waals surface area contributed by atoms with Crippen LogP contribution in [0.2, 0.25) is 0 Å². The predicted octanol–water partition coefficient (Wildman–Crippen LogP) is 3.53. The Morgan fingerprint density at radius 2 is 2.11 bits per heavy atom. The highest BCUT2D eigenvalue weighted by Gasteiger charge is 2.21. The van der Waals surface area contributed by atoms with Crippen LogP contribution in [0.4, 0.5) is 5.82 Å². The van der Waals surface area contributed by atoms with Gasteiger partial charge in [-0.05, 0) is 57.4 Å². The summed E-state index contributed by atoms with van der Waals surface area (Å²) in [5.41, 5.74) is 1.07. The average Bonchev–Trinajstić information content (AvgIpc) is 3.22. The first-order valence-corrected chi connectivity index (χ1v) is 10.4. The lowest BCUT2D eigenvalue weighted by Gasteiger charge is -2.34. The lowest BCUT2D eigenvalue weighted by atomic mass is 10.1. The number of guanidine groups is 1. The normalized spacial score (nSPS) is 16.8. The zero-order chi connectivity index (χ0) is 19.8. The third kappa shape index (κ3) is 6.01. The molecule has 0 spiro atoms. The Bertz CT molecular complexity index is 735. The number of aryl methyl sites for hydroxylation is 1. The predicted molar refractivity (Wildman–Crippen MR) is 115 cm³/mol. The molecule has 3 rings (SSSR count). The summed E-state index contributed by atoms with van der Waals surface area (Å²) in [5.74, 6) is 2.97. The molecule has 1 fully saturated rings. The molecule has 2 N–H and O–H groups in total. The fraction of sp³-hybridized carbons (Fsp3) is 0.545. The number of piperidine rings is 1. The van der Waals surface area contributed by atoms with Crippen LogP contribution < -0.4 is 15.5 Å². The molecule has 3 heterocycles. The number of anilines is 1. The molecule has 0 radical (unpaired) electrons. The van der Waals surface area contributed by atoms with Crippen molar-refractivity contribution in [3.8, 4) is 0 Å². The Morgan fingerprint density at radius 1 is 1.29 bits per heavy atom. The molecule has 2 aromatic heterocycles. The molecule has 0 bridgehead atoms. The maximum atomic E-state index is 5.41. The van der Waals surface area contributed by atoms with Crippen molar-refractivity contribution in [3.63, 3.8) is 0 Å². The van der Waals surface area contributed by atoms with Crippen molar-refractivity contribution in [3.05, 3.63) is 48.0 Å². The van der Waals surface area contributed by atoms with E-state index in [9.17, 15) is 0 Å². The monoisotopic (exact) mass is 383 g/mol. The lowest BCUT2D eigenvalue weighted by molar-refractivity contribution is 0.455. The maximum Gasteiger partial charge on any atom is 0.191 e. The smallest absolute Gasteiger partial charge is 0.191 e. The van der Waals surface area contributed by atoms with Crippen LogP contribution in [0, 0.1) is 6.92 Å². The Balaban J connectivity index is 1.53. The van der Waals surface area contributed by atoms with Gasteiger partial charge in [0, 0.05) is 43.8 Å². The number of furan rings is 1. The SMILES string of the molecule is CCC(C)NC(=NCCc1ccco1)NC1CCN(c2cccc(C)n2)CC1. The third-order valence-corrected chi connectivity index (χ3v) is 5.24. The van der Waals surface area contributed by atoms with Gasteiger partial charge in [-0.25, -0.2) is 4.98 Å².